The molecule has 1 aliphatic rings. The summed E-state index contributed by atoms with van der Waals surface area (Å²) in [5, 5.41) is 4.05. The Labute approximate surface area is 109 Å². The Balaban J connectivity index is 2.13. The van der Waals surface area contributed by atoms with Crippen molar-refractivity contribution in [1.29, 1.82) is 0 Å². The molecule has 1 aromatic carbocycles. The highest BCUT2D eigenvalue weighted by Crippen LogP contribution is 2.36. The van der Waals surface area contributed by atoms with Gasteiger partial charge in [-0.3, -0.25) is 5.32 Å². The molecule has 0 spiro atoms. The lowest BCUT2D eigenvalue weighted by Crippen LogP contribution is -2.24. The van der Waals surface area contributed by atoms with E-state index >= 15 is 0 Å². The Morgan fingerprint density at radius 2 is 2.38 bits per heavy atom. The number of rotatable bonds is 3. The van der Waals surface area contributed by atoms with Crippen LogP contribution in [0.2, 0.25) is 0 Å². The molecule has 4 heteroatoms. The number of benzene rings is 1. The van der Waals surface area contributed by atoms with Crippen molar-refractivity contribution in [1.82, 2.24) is 5.32 Å². The van der Waals surface area contributed by atoms with E-state index in [1.54, 1.807) is 7.11 Å². The number of hydrogen-bond acceptors (Lipinski definition) is 3. The molecule has 2 atom stereocenters. The average molecular weight is 302 g/mol. The standard InChI is InChI=1S/C12H16BrNOS/c1-3-9-7-16-12(14-9)8-4-5-11(15-2)10(13)6-8/h4-6,9,12,14H,3,7H2,1-2H3. The molecule has 1 saturated heterocycles. The number of halogens is 1. The third kappa shape index (κ3) is 2.55. The molecule has 16 heavy (non-hydrogen) atoms. The average Bonchev–Trinajstić information content (AvgIpc) is 2.77. The lowest BCUT2D eigenvalue weighted by Gasteiger charge is -2.13. The molecule has 0 aliphatic carbocycles. The maximum atomic E-state index is 5.23. The second-order valence-electron chi connectivity index (χ2n) is 3.88. The zero-order valence-corrected chi connectivity index (χ0v) is 11.9. The van der Waals surface area contributed by atoms with Crippen molar-refractivity contribution >= 4 is 27.7 Å². The highest BCUT2D eigenvalue weighted by molar-refractivity contribution is 9.10. The molecular formula is C12H16BrNOS. The minimum Gasteiger partial charge on any atom is -0.496 e. The van der Waals surface area contributed by atoms with Crippen LogP contribution in [0.4, 0.5) is 0 Å². The molecule has 0 bridgehead atoms. The van der Waals surface area contributed by atoms with Crippen LogP contribution in [0, 0.1) is 0 Å². The highest BCUT2D eigenvalue weighted by Gasteiger charge is 2.24. The molecule has 88 valence electrons. The molecule has 2 nitrogen and oxygen atoms in total. The van der Waals surface area contributed by atoms with E-state index < -0.39 is 0 Å². The first-order valence-corrected chi connectivity index (χ1v) is 7.30. The SMILES string of the molecule is CCC1CSC(c2ccc(OC)c(Br)c2)N1. The molecule has 2 rings (SSSR count). The zero-order valence-electron chi connectivity index (χ0n) is 9.50. The summed E-state index contributed by atoms with van der Waals surface area (Å²) in [5.74, 6) is 2.09. The third-order valence-electron chi connectivity index (χ3n) is 2.82. The maximum absolute atomic E-state index is 5.23. The summed E-state index contributed by atoms with van der Waals surface area (Å²) in [6.45, 7) is 2.23. The third-order valence-corrected chi connectivity index (χ3v) is 4.78. The van der Waals surface area contributed by atoms with Gasteiger partial charge in [-0.15, -0.1) is 11.8 Å². The van der Waals surface area contributed by atoms with E-state index in [0.717, 1.165) is 10.2 Å². The first kappa shape index (κ1) is 12.3. The summed E-state index contributed by atoms with van der Waals surface area (Å²) in [6.07, 6.45) is 1.20. The molecule has 0 saturated carbocycles. The smallest absolute Gasteiger partial charge is 0.133 e. The first-order chi connectivity index (χ1) is 7.74. The number of methoxy groups -OCH3 is 1. The quantitative estimate of drug-likeness (QED) is 0.922. The van der Waals surface area contributed by atoms with Gasteiger partial charge in [0.25, 0.3) is 0 Å². The van der Waals surface area contributed by atoms with Crippen LogP contribution in [-0.2, 0) is 0 Å². The minimum atomic E-state index is 0.423. The normalized spacial score (nSPS) is 24.7. The molecule has 2 unspecified atom stereocenters. The van der Waals surface area contributed by atoms with E-state index in [2.05, 4.69) is 40.3 Å². The Kier molecular flexibility index (Phi) is 4.16. The summed E-state index contributed by atoms with van der Waals surface area (Å²) in [7, 11) is 1.69. The molecule has 1 N–H and O–H groups in total. The van der Waals surface area contributed by atoms with Crippen molar-refractivity contribution in [2.45, 2.75) is 24.8 Å². The lowest BCUT2D eigenvalue weighted by molar-refractivity contribution is 0.412. The highest BCUT2D eigenvalue weighted by atomic mass is 79.9. The molecule has 0 aromatic heterocycles. The van der Waals surface area contributed by atoms with Gasteiger partial charge in [-0.05, 0) is 40.0 Å². The fraction of sp³-hybridized carbons (Fsp3) is 0.500. The predicted molar refractivity (Wildman–Crippen MR) is 73.1 cm³/mol. The van der Waals surface area contributed by atoms with Crippen molar-refractivity contribution in [2.75, 3.05) is 12.9 Å². The van der Waals surface area contributed by atoms with Gasteiger partial charge in [0.15, 0.2) is 0 Å². The number of ether oxygens (including phenoxy) is 1. The van der Waals surface area contributed by atoms with Gasteiger partial charge in [0.1, 0.15) is 5.75 Å². The van der Waals surface area contributed by atoms with Gasteiger partial charge in [0.2, 0.25) is 0 Å². The second kappa shape index (κ2) is 5.43. The van der Waals surface area contributed by atoms with Gasteiger partial charge >= 0.3 is 0 Å². The lowest BCUT2D eigenvalue weighted by atomic mass is 10.2. The van der Waals surface area contributed by atoms with Crippen molar-refractivity contribution in [3.63, 3.8) is 0 Å². The summed E-state index contributed by atoms with van der Waals surface area (Å²) in [4.78, 5) is 0. The van der Waals surface area contributed by atoms with E-state index in [0.29, 0.717) is 11.4 Å². The fourth-order valence-corrected chi connectivity index (χ4v) is 3.74. The van der Waals surface area contributed by atoms with Crippen LogP contribution in [0.5, 0.6) is 5.75 Å². The number of nitrogens with one attached hydrogen (secondary N) is 1. The molecule has 0 radical (unpaired) electrons. The Morgan fingerprint density at radius 1 is 1.56 bits per heavy atom. The van der Waals surface area contributed by atoms with Crippen LogP contribution in [0.25, 0.3) is 0 Å². The van der Waals surface area contributed by atoms with E-state index in [1.165, 1.54) is 17.7 Å². The molecule has 0 amide bonds. The Morgan fingerprint density at radius 3 is 2.94 bits per heavy atom. The summed E-state index contributed by atoms with van der Waals surface area (Å²) >= 11 is 5.50. The zero-order chi connectivity index (χ0) is 11.5. The van der Waals surface area contributed by atoms with Crippen molar-refractivity contribution in [2.24, 2.45) is 0 Å². The first-order valence-electron chi connectivity index (χ1n) is 5.45. The molecule has 1 aliphatic heterocycles. The Bertz CT molecular complexity index is 372. The van der Waals surface area contributed by atoms with Gasteiger partial charge in [-0.1, -0.05) is 13.0 Å². The summed E-state index contributed by atoms with van der Waals surface area (Å²) < 4.78 is 6.25. The fourth-order valence-electron chi connectivity index (χ4n) is 1.80. The van der Waals surface area contributed by atoms with Crippen molar-refractivity contribution in [3.05, 3.63) is 28.2 Å². The summed E-state index contributed by atoms with van der Waals surface area (Å²) in [5.41, 5.74) is 1.31. The number of hydrogen-bond donors (Lipinski definition) is 1. The van der Waals surface area contributed by atoms with E-state index in [-0.39, 0.29) is 0 Å². The molecule has 1 heterocycles. The van der Waals surface area contributed by atoms with Crippen LogP contribution in [0.1, 0.15) is 24.3 Å². The van der Waals surface area contributed by atoms with Crippen LogP contribution < -0.4 is 10.1 Å². The number of thioether (sulfide) groups is 1. The second-order valence-corrected chi connectivity index (χ2v) is 5.87. The van der Waals surface area contributed by atoms with Crippen LogP contribution >= 0.6 is 27.7 Å². The molecule has 1 fully saturated rings. The summed E-state index contributed by atoms with van der Waals surface area (Å²) in [6, 6.07) is 6.94. The van der Waals surface area contributed by atoms with Crippen LogP contribution in [-0.4, -0.2) is 18.9 Å². The van der Waals surface area contributed by atoms with Crippen LogP contribution in [0.15, 0.2) is 22.7 Å². The van der Waals surface area contributed by atoms with Crippen molar-refractivity contribution in [3.8, 4) is 5.75 Å². The van der Waals surface area contributed by atoms with E-state index in [1.807, 2.05) is 17.8 Å². The maximum Gasteiger partial charge on any atom is 0.133 e. The molecular weight excluding hydrogens is 286 g/mol. The minimum absolute atomic E-state index is 0.423. The van der Waals surface area contributed by atoms with E-state index in [9.17, 15) is 0 Å². The van der Waals surface area contributed by atoms with Crippen LogP contribution in [0.3, 0.4) is 0 Å². The Hall–Kier alpha value is -0.190. The van der Waals surface area contributed by atoms with Gasteiger partial charge in [0, 0.05) is 11.8 Å². The van der Waals surface area contributed by atoms with Gasteiger partial charge < -0.3 is 4.74 Å². The van der Waals surface area contributed by atoms with Gasteiger partial charge in [-0.2, -0.15) is 0 Å². The predicted octanol–water partition coefficient (Wildman–Crippen LogP) is 3.57. The van der Waals surface area contributed by atoms with Gasteiger partial charge in [0.05, 0.1) is 17.0 Å². The largest absolute Gasteiger partial charge is 0.496 e. The monoisotopic (exact) mass is 301 g/mol. The van der Waals surface area contributed by atoms with Crippen molar-refractivity contribution < 1.29 is 4.74 Å². The van der Waals surface area contributed by atoms with E-state index in [4.69, 9.17) is 4.74 Å². The topological polar surface area (TPSA) is 21.3 Å². The molecule has 1 aromatic rings. The van der Waals surface area contributed by atoms with Gasteiger partial charge in [-0.25, -0.2) is 0 Å².